The smallest absolute Gasteiger partial charge is 0.338 e. The van der Waals surface area contributed by atoms with E-state index in [0.717, 1.165) is 32.1 Å². The lowest BCUT2D eigenvalue weighted by Gasteiger charge is -2.30. The van der Waals surface area contributed by atoms with Crippen LogP contribution in [0.4, 0.5) is 0 Å². The highest BCUT2D eigenvalue weighted by atomic mass is 16.5. The largest absolute Gasteiger partial charge is 0.458 e. The highest BCUT2D eigenvalue weighted by molar-refractivity contribution is 5.89. The van der Waals surface area contributed by atoms with E-state index in [1.54, 1.807) is 19.1 Å². The number of hydrogen-bond acceptors (Lipinski definition) is 3. The van der Waals surface area contributed by atoms with Crippen molar-refractivity contribution in [3.8, 4) is 0 Å². The first-order chi connectivity index (χ1) is 12.0. The van der Waals surface area contributed by atoms with Gasteiger partial charge in [-0.2, -0.15) is 0 Å². The first kappa shape index (κ1) is 19.4. The highest BCUT2D eigenvalue weighted by Crippen LogP contribution is 2.36. The van der Waals surface area contributed by atoms with E-state index in [4.69, 9.17) is 4.74 Å². The molecule has 3 heteroatoms. The van der Waals surface area contributed by atoms with Gasteiger partial charge in [0.15, 0.2) is 0 Å². The average molecular weight is 342 g/mol. The van der Waals surface area contributed by atoms with E-state index in [-0.39, 0.29) is 11.8 Å². The summed E-state index contributed by atoms with van der Waals surface area (Å²) in [6, 6.07) is 9.13. The summed E-state index contributed by atoms with van der Waals surface area (Å²) in [6.45, 7) is 6.58. The van der Waals surface area contributed by atoms with E-state index < -0.39 is 0 Å². The fourth-order valence-electron chi connectivity index (χ4n) is 3.48. The molecule has 0 spiro atoms. The maximum absolute atomic E-state index is 12.2. The van der Waals surface area contributed by atoms with Gasteiger partial charge in [-0.05, 0) is 68.6 Å². The summed E-state index contributed by atoms with van der Waals surface area (Å²) in [5.74, 6) is 1.34. The Balaban J connectivity index is 2.01. The number of Topliss-reactive ketones (excluding diaryl/α,β-unsaturated/α-hetero) is 1. The molecule has 0 radical (unpaired) electrons. The van der Waals surface area contributed by atoms with E-state index in [0.29, 0.717) is 30.4 Å². The molecule has 136 valence electrons. The van der Waals surface area contributed by atoms with E-state index in [9.17, 15) is 9.59 Å². The van der Waals surface area contributed by atoms with Crippen molar-refractivity contribution in [2.24, 2.45) is 11.8 Å². The van der Waals surface area contributed by atoms with Crippen molar-refractivity contribution >= 4 is 11.8 Å². The number of allylic oxidation sites excluding steroid dienone is 1. The van der Waals surface area contributed by atoms with Gasteiger partial charge in [-0.15, -0.1) is 0 Å². The number of ketones is 1. The zero-order valence-corrected chi connectivity index (χ0v) is 15.7. The van der Waals surface area contributed by atoms with Crippen LogP contribution >= 0.6 is 0 Å². The molecule has 1 aliphatic rings. The monoisotopic (exact) mass is 342 g/mol. The summed E-state index contributed by atoms with van der Waals surface area (Å²) < 4.78 is 5.56. The second-order valence-electron chi connectivity index (χ2n) is 7.45. The van der Waals surface area contributed by atoms with Crippen LogP contribution in [0.1, 0.15) is 69.7 Å². The quantitative estimate of drug-likeness (QED) is 0.472. The van der Waals surface area contributed by atoms with Gasteiger partial charge in [0.1, 0.15) is 12.4 Å². The molecule has 0 saturated carbocycles. The lowest BCUT2D eigenvalue weighted by molar-refractivity contribution is -0.117. The molecule has 0 aliphatic heterocycles. The van der Waals surface area contributed by atoms with Crippen LogP contribution in [0.5, 0.6) is 0 Å². The summed E-state index contributed by atoms with van der Waals surface area (Å²) in [6.07, 6.45) is 5.71. The zero-order valence-electron chi connectivity index (χ0n) is 15.7. The van der Waals surface area contributed by atoms with Crippen molar-refractivity contribution < 1.29 is 14.3 Å². The molecule has 1 aromatic rings. The zero-order chi connectivity index (χ0) is 18.2. The summed E-state index contributed by atoms with van der Waals surface area (Å²) in [5.41, 5.74) is 3.27. The van der Waals surface area contributed by atoms with Crippen LogP contribution in [-0.2, 0) is 9.53 Å². The Morgan fingerprint density at radius 3 is 2.52 bits per heavy atom. The fraction of sp³-hybridized carbons (Fsp3) is 0.545. The van der Waals surface area contributed by atoms with Crippen molar-refractivity contribution in [2.45, 2.75) is 59.3 Å². The number of carbonyl (C=O) groups excluding carboxylic acids is 2. The average Bonchev–Trinajstić information content (AvgIpc) is 2.60. The van der Waals surface area contributed by atoms with Gasteiger partial charge in [-0.25, -0.2) is 4.79 Å². The molecule has 1 atom stereocenters. The molecule has 0 bridgehead atoms. The number of ether oxygens (including phenoxy) is 1. The standard InChI is InChI=1S/C22H30O3/c1-16(2)19-12-13-21(20(14-19)11-7-8-17(3)23)15-25-22(24)18-9-5-4-6-10-18/h4-6,9-10,16,19H,7-8,11-15H2,1-3H3/t19-/m1/s1. The molecule has 0 N–H and O–H groups in total. The normalized spacial score (nSPS) is 17.7. The first-order valence-electron chi connectivity index (χ1n) is 9.38. The van der Waals surface area contributed by atoms with Crippen LogP contribution in [0.2, 0.25) is 0 Å². The number of esters is 1. The Morgan fingerprint density at radius 2 is 1.88 bits per heavy atom. The van der Waals surface area contributed by atoms with E-state index >= 15 is 0 Å². The molecule has 0 fully saturated rings. The Kier molecular flexibility index (Phi) is 7.42. The molecule has 1 aromatic carbocycles. The van der Waals surface area contributed by atoms with Gasteiger partial charge in [-0.1, -0.05) is 37.6 Å². The summed E-state index contributed by atoms with van der Waals surface area (Å²) in [5, 5.41) is 0. The lowest BCUT2D eigenvalue weighted by atomic mass is 9.77. The third-order valence-corrected chi connectivity index (χ3v) is 5.16. The third kappa shape index (κ3) is 6.15. The molecule has 1 aliphatic carbocycles. The molecular weight excluding hydrogens is 312 g/mol. The Morgan fingerprint density at radius 1 is 1.16 bits per heavy atom. The lowest BCUT2D eigenvalue weighted by Crippen LogP contribution is -2.19. The Labute approximate surface area is 151 Å². The second kappa shape index (κ2) is 9.55. The number of benzene rings is 1. The number of carbonyl (C=O) groups is 2. The van der Waals surface area contributed by atoms with Gasteiger partial charge in [-0.3, -0.25) is 0 Å². The predicted molar refractivity (Wildman–Crippen MR) is 100 cm³/mol. The minimum absolute atomic E-state index is 0.244. The van der Waals surface area contributed by atoms with E-state index in [1.165, 1.54) is 11.1 Å². The van der Waals surface area contributed by atoms with Crippen molar-refractivity contribution in [3.63, 3.8) is 0 Å². The van der Waals surface area contributed by atoms with Crippen LogP contribution in [0.25, 0.3) is 0 Å². The minimum Gasteiger partial charge on any atom is -0.458 e. The second-order valence-corrected chi connectivity index (χ2v) is 7.45. The van der Waals surface area contributed by atoms with Gasteiger partial charge in [0.25, 0.3) is 0 Å². The van der Waals surface area contributed by atoms with Gasteiger partial charge in [0.2, 0.25) is 0 Å². The third-order valence-electron chi connectivity index (χ3n) is 5.16. The van der Waals surface area contributed by atoms with Gasteiger partial charge >= 0.3 is 5.97 Å². The van der Waals surface area contributed by atoms with Crippen molar-refractivity contribution in [3.05, 3.63) is 47.0 Å². The van der Waals surface area contributed by atoms with Crippen molar-refractivity contribution in [1.29, 1.82) is 0 Å². The SMILES string of the molecule is CC(=O)CCCC1=C(COC(=O)c2ccccc2)CC[C@@H](C(C)C)C1. The molecule has 0 amide bonds. The molecule has 0 unspecified atom stereocenters. The number of hydrogen-bond donors (Lipinski definition) is 0. The molecule has 0 aromatic heterocycles. The van der Waals surface area contributed by atoms with Gasteiger partial charge in [0, 0.05) is 6.42 Å². The molecule has 0 saturated heterocycles. The van der Waals surface area contributed by atoms with Crippen molar-refractivity contribution in [2.75, 3.05) is 6.61 Å². The van der Waals surface area contributed by atoms with Gasteiger partial charge in [0.05, 0.1) is 5.56 Å². The molecule has 0 heterocycles. The van der Waals surface area contributed by atoms with Crippen LogP contribution in [-0.4, -0.2) is 18.4 Å². The first-order valence-corrected chi connectivity index (χ1v) is 9.38. The predicted octanol–water partition coefficient (Wildman–Crippen LogP) is 5.36. The van der Waals surface area contributed by atoms with Gasteiger partial charge < -0.3 is 9.53 Å². The summed E-state index contributed by atoms with van der Waals surface area (Å²) >= 11 is 0. The maximum Gasteiger partial charge on any atom is 0.338 e. The van der Waals surface area contributed by atoms with Crippen LogP contribution in [0, 0.1) is 11.8 Å². The summed E-state index contributed by atoms with van der Waals surface area (Å²) in [4.78, 5) is 23.4. The Hall–Kier alpha value is -1.90. The number of rotatable bonds is 8. The molecule has 3 nitrogen and oxygen atoms in total. The van der Waals surface area contributed by atoms with Crippen LogP contribution in [0.15, 0.2) is 41.5 Å². The highest BCUT2D eigenvalue weighted by Gasteiger charge is 2.24. The fourth-order valence-corrected chi connectivity index (χ4v) is 3.48. The molecule has 25 heavy (non-hydrogen) atoms. The Bertz CT molecular complexity index is 613. The minimum atomic E-state index is -0.262. The van der Waals surface area contributed by atoms with Crippen molar-refractivity contribution in [1.82, 2.24) is 0 Å². The van der Waals surface area contributed by atoms with E-state index in [2.05, 4.69) is 13.8 Å². The molecular formula is C22H30O3. The molecule has 2 rings (SSSR count). The summed E-state index contributed by atoms with van der Waals surface area (Å²) in [7, 11) is 0. The van der Waals surface area contributed by atoms with Crippen LogP contribution in [0.3, 0.4) is 0 Å². The van der Waals surface area contributed by atoms with Crippen LogP contribution < -0.4 is 0 Å². The topological polar surface area (TPSA) is 43.4 Å². The van der Waals surface area contributed by atoms with E-state index in [1.807, 2.05) is 18.2 Å². The maximum atomic E-state index is 12.2.